The van der Waals surface area contributed by atoms with Crippen molar-refractivity contribution >= 4 is 5.91 Å². The van der Waals surface area contributed by atoms with Crippen molar-refractivity contribution in [2.24, 2.45) is 5.92 Å². The second-order valence-electron chi connectivity index (χ2n) is 3.63. The molecule has 1 aliphatic heterocycles. The zero-order valence-corrected chi connectivity index (χ0v) is 7.45. The molecule has 0 radical (unpaired) electrons. The molecule has 0 N–H and O–H groups in total. The first-order valence-electron chi connectivity index (χ1n) is 4.71. The quantitative estimate of drug-likeness (QED) is 0.586. The largest absolute Gasteiger partial charge is 0.357 e. The van der Waals surface area contributed by atoms with Gasteiger partial charge < -0.3 is 9.64 Å². The van der Waals surface area contributed by atoms with Crippen LogP contribution in [-0.4, -0.2) is 30.2 Å². The monoisotopic (exact) mass is 169 g/mol. The lowest BCUT2D eigenvalue weighted by atomic mass is 9.84. The molecule has 1 atom stereocenters. The third-order valence-electron chi connectivity index (χ3n) is 2.87. The van der Waals surface area contributed by atoms with E-state index in [9.17, 15) is 4.79 Å². The number of rotatable bonds is 1. The molecule has 68 valence electrons. The highest BCUT2D eigenvalue weighted by molar-refractivity contribution is 5.79. The number of carbonyl (C=O) groups is 1. The molecule has 1 saturated carbocycles. The molecule has 0 aromatic carbocycles. The summed E-state index contributed by atoms with van der Waals surface area (Å²) in [6.45, 7) is 3.44. The van der Waals surface area contributed by atoms with E-state index in [1.165, 1.54) is 6.42 Å². The average Bonchev–Trinajstić information content (AvgIpc) is 2.31. The smallest absolute Gasteiger partial charge is 0.227 e. The van der Waals surface area contributed by atoms with Crippen molar-refractivity contribution in [3.05, 3.63) is 0 Å². The van der Waals surface area contributed by atoms with Gasteiger partial charge in [-0.3, -0.25) is 4.79 Å². The third kappa shape index (κ3) is 1.22. The molecule has 0 aromatic rings. The van der Waals surface area contributed by atoms with Crippen LogP contribution in [0.5, 0.6) is 0 Å². The third-order valence-corrected chi connectivity index (χ3v) is 2.87. The van der Waals surface area contributed by atoms with Gasteiger partial charge in [-0.1, -0.05) is 6.42 Å². The first-order valence-corrected chi connectivity index (χ1v) is 4.71. The second-order valence-corrected chi connectivity index (χ2v) is 3.63. The Balaban J connectivity index is 1.93. The standard InChI is InChI=1S/C9H15NO2/c1-7-10(5-6-12-7)9(11)8-3-2-4-8/h7-8H,2-6H2,1H3. The van der Waals surface area contributed by atoms with Gasteiger partial charge in [0.15, 0.2) is 0 Å². The van der Waals surface area contributed by atoms with Crippen LogP contribution in [0.2, 0.25) is 0 Å². The van der Waals surface area contributed by atoms with Gasteiger partial charge in [-0.2, -0.15) is 0 Å². The van der Waals surface area contributed by atoms with Crippen LogP contribution in [0.3, 0.4) is 0 Å². The van der Waals surface area contributed by atoms with E-state index >= 15 is 0 Å². The Bertz CT molecular complexity index is 189. The van der Waals surface area contributed by atoms with Crippen LogP contribution < -0.4 is 0 Å². The first kappa shape index (κ1) is 8.05. The van der Waals surface area contributed by atoms with Crippen LogP contribution in [0, 0.1) is 5.92 Å². The van der Waals surface area contributed by atoms with Crippen molar-refractivity contribution in [3.63, 3.8) is 0 Å². The van der Waals surface area contributed by atoms with Crippen LogP contribution in [0.4, 0.5) is 0 Å². The van der Waals surface area contributed by atoms with Crippen LogP contribution in [0.25, 0.3) is 0 Å². The maximum atomic E-state index is 11.7. The lowest BCUT2D eigenvalue weighted by Gasteiger charge is -2.30. The van der Waals surface area contributed by atoms with E-state index in [2.05, 4.69) is 0 Å². The summed E-state index contributed by atoms with van der Waals surface area (Å²) in [5.74, 6) is 0.625. The fraction of sp³-hybridized carbons (Fsp3) is 0.889. The SMILES string of the molecule is CC1OCCN1C(=O)C1CCC1. The second kappa shape index (κ2) is 3.05. The molecule has 12 heavy (non-hydrogen) atoms. The topological polar surface area (TPSA) is 29.5 Å². The predicted molar refractivity (Wildman–Crippen MR) is 44.5 cm³/mol. The summed E-state index contributed by atoms with van der Waals surface area (Å²) in [5, 5.41) is 0. The summed E-state index contributed by atoms with van der Waals surface area (Å²) in [6, 6.07) is 0. The van der Waals surface area contributed by atoms with Crippen molar-refractivity contribution < 1.29 is 9.53 Å². The highest BCUT2D eigenvalue weighted by atomic mass is 16.5. The van der Waals surface area contributed by atoms with E-state index in [1.54, 1.807) is 0 Å². The number of nitrogens with zero attached hydrogens (tertiary/aromatic N) is 1. The fourth-order valence-corrected chi connectivity index (χ4v) is 1.77. The van der Waals surface area contributed by atoms with Crippen molar-refractivity contribution in [1.29, 1.82) is 0 Å². The number of ether oxygens (including phenoxy) is 1. The van der Waals surface area contributed by atoms with Gasteiger partial charge in [0, 0.05) is 12.5 Å². The molecule has 0 bridgehead atoms. The lowest BCUT2D eigenvalue weighted by molar-refractivity contribution is -0.142. The Kier molecular flexibility index (Phi) is 2.05. The summed E-state index contributed by atoms with van der Waals surface area (Å²) in [4.78, 5) is 13.5. The molecule has 0 spiro atoms. The van der Waals surface area contributed by atoms with Crippen molar-refractivity contribution in [3.8, 4) is 0 Å². The van der Waals surface area contributed by atoms with Gasteiger partial charge in [0.05, 0.1) is 6.61 Å². The molecule has 1 heterocycles. The van der Waals surface area contributed by atoms with Gasteiger partial charge in [0.25, 0.3) is 0 Å². The molecule has 2 rings (SSSR count). The minimum Gasteiger partial charge on any atom is -0.357 e. The van der Waals surface area contributed by atoms with Crippen LogP contribution in [0.15, 0.2) is 0 Å². The number of hydrogen-bond acceptors (Lipinski definition) is 2. The van der Waals surface area contributed by atoms with Gasteiger partial charge >= 0.3 is 0 Å². The molecule has 3 heteroatoms. The van der Waals surface area contributed by atoms with E-state index in [-0.39, 0.29) is 6.23 Å². The zero-order chi connectivity index (χ0) is 8.55. The van der Waals surface area contributed by atoms with Crippen molar-refractivity contribution in [1.82, 2.24) is 4.90 Å². The summed E-state index contributed by atoms with van der Waals surface area (Å²) < 4.78 is 5.31. The van der Waals surface area contributed by atoms with E-state index in [4.69, 9.17) is 4.74 Å². The van der Waals surface area contributed by atoms with Gasteiger partial charge in [-0.15, -0.1) is 0 Å². The molecular weight excluding hydrogens is 154 g/mol. The molecule has 1 unspecified atom stereocenters. The zero-order valence-electron chi connectivity index (χ0n) is 7.45. The van der Waals surface area contributed by atoms with E-state index in [0.29, 0.717) is 18.4 Å². The number of amides is 1. The summed E-state index contributed by atoms with van der Waals surface area (Å²) in [5.41, 5.74) is 0. The Morgan fingerprint density at radius 3 is 2.67 bits per heavy atom. The van der Waals surface area contributed by atoms with Crippen molar-refractivity contribution in [2.45, 2.75) is 32.4 Å². The highest BCUT2D eigenvalue weighted by Crippen LogP contribution is 2.29. The van der Waals surface area contributed by atoms with Crippen LogP contribution in [0.1, 0.15) is 26.2 Å². The van der Waals surface area contributed by atoms with E-state index in [1.807, 2.05) is 11.8 Å². The van der Waals surface area contributed by atoms with E-state index in [0.717, 1.165) is 19.4 Å². The fourth-order valence-electron chi connectivity index (χ4n) is 1.77. The minimum absolute atomic E-state index is 0.0121. The number of carbonyl (C=O) groups excluding carboxylic acids is 1. The van der Waals surface area contributed by atoms with Gasteiger partial charge in [-0.25, -0.2) is 0 Å². The normalized spacial score (nSPS) is 30.4. The summed E-state index contributed by atoms with van der Waals surface area (Å²) >= 11 is 0. The average molecular weight is 169 g/mol. The highest BCUT2D eigenvalue weighted by Gasteiger charge is 2.34. The predicted octanol–water partition coefficient (Wildman–Crippen LogP) is 0.991. The minimum atomic E-state index is 0.0121. The molecule has 2 aliphatic rings. The first-order chi connectivity index (χ1) is 5.79. The Morgan fingerprint density at radius 2 is 2.25 bits per heavy atom. The van der Waals surface area contributed by atoms with Crippen LogP contribution >= 0.6 is 0 Å². The summed E-state index contributed by atoms with van der Waals surface area (Å²) in [6.07, 6.45) is 3.40. The van der Waals surface area contributed by atoms with Gasteiger partial charge in [0.2, 0.25) is 5.91 Å². The maximum absolute atomic E-state index is 11.7. The molecule has 2 fully saturated rings. The van der Waals surface area contributed by atoms with Gasteiger partial charge in [0.1, 0.15) is 6.23 Å². The van der Waals surface area contributed by atoms with Crippen LogP contribution in [-0.2, 0) is 9.53 Å². The Morgan fingerprint density at radius 1 is 1.50 bits per heavy atom. The molecule has 1 amide bonds. The molecule has 1 aliphatic carbocycles. The molecule has 3 nitrogen and oxygen atoms in total. The molecular formula is C9H15NO2. The Hall–Kier alpha value is -0.570. The summed E-state index contributed by atoms with van der Waals surface area (Å²) in [7, 11) is 0. The molecule has 0 aromatic heterocycles. The maximum Gasteiger partial charge on any atom is 0.227 e. The van der Waals surface area contributed by atoms with Gasteiger partial charge in [-0.05, 0) is 19.8 Å². The molecule has 1 saturated heterocycles. The van der Waals surface area contributed by atoms with Crippen molar-refractivity contribution in [2.75, 3.05) is 13.2 Å². The van der Waals surface area contributed by atoms with E-state index < -0.39 is 0 Å². The number of hydrogen-bond donors (Lipinski definition) is 0. The Labute approximate surface area is 72.7 Å². The lowest BCUT2D eigenvalue weighted by Crippen LogP contribution is -2.40.